The first-order chi connectivity index (χ1) is 12.9. The molecule has 27 heavy (non-hydrogen) atoms. The largest absolute Gasteiger partial charge is 0.360 e. The molecule has 2 amide bonds. The predicted octanol–water partition coefficient (Wildman–Crippen LogP) is 2.00. The number of carbonyl (C=O) groups excluding carboxylic acids is 2. The lowest BCUT2D eigenvalue weighted by atomic mass is 9.95. The lowest BCUT2D eigenvalue weighted by molar-refractivity contribution is -0.127. The van der Waals surface area contributed by atoms with Crippen molar-refractivity contribution in [3.63, 3.8) is 0 Å². The second kappa shape index (κ2) is 8.58. The molecule has 3 atom stereocenters. The second-order valence-corrected chi connectivity index (χ2v) is 8.07. The molecule has 2 aromatic rings. The van der Waals surface area contributed by atoms with Gasteiger partial charge in [-0.15, -0.1) is 11.8 Å². The molecule has 1 unspecified atom stereocenters. The highest BCUT2D eigenvalue weighted by Gasteiger charge is 2.33. The van der Waals surface area contributed by atoms with Crippen LogP contribution < -0.4 is 11.1 Å². The van der Waals surface area contributed by atoms with Crippen LogP contribution >= 0.6 is 11.8 Å². The standard InChI is InChI=1S/C19H24N4O3S/c1-12-8-17(22-26-12)21-19(25)13(2)27-11-18(24)23-9-15(16(20)10-23)14-6-4-3-5-7-14/h3-8,13,15-16H,9-11,20H2,1-2H3,(H,21,22,25)/t13?,15-,16+/m0/s1. The number of aryl methyl sites for hydroxylation is 1. The SMILES string of the molecule is Cc1cc(NC(=O)C(C)SCC(=O)N2C[C@@H](N)[C@H](c3ccccc3)C2)no1. The van der Waals surface area contributed by atoms with Crippen LogP contribution in [0.4, 0.5) is 5.82 Å². The second-order valence-electron chi connectivity index (χ2n) is 6.75. The van der Waals surface area contributed by atoms with Crippen LogP contribution in [-0.4, -0.2) is 52.0 Å². The van der Waals surface area contributed by atoms with Crippen molar-refractivity contribution in [2.45, 2.75) is 31.1 Å². The normalized spacial score (nSPS) is 20.5. The van der Waals surface area contributed by atoms with Gasteiger partial charge in [-0.2, -0.15) is 0 Å². The molecule has 1 saturated heterocycles. The Morgan fingerprint density at radius 3 is 2.78 bits per heavy atom. The topological polar surface area (TPSA) is 101 Å². The van der Waals surface area contributed by atoms with Crippen LogP contribution in [0.5, 0.6) is 0 Å². The Bertz CT molecular complexity index is 795. The van der Waals surface area contributed by atoms with E-state index in [4.69, 9.17) is 10.3 Å². The third kappa shape index (κ3) is 4.90. The first-order valence-electron chi connectivity index (χ1n) is 8.88. The van der Waals surface area contributed by atoms with Gasteiger partial charge in [0.15, 0.2) is 5.82 Å². The fourth-order valence-corrected chi connectivity index (χ4v) is 3.89. The molecule has 7 nitrogen and oxygen atoms in total. The number of aromatic nitrogens is 1. The van der Waals surface area contributed by atoms with Crippen molar-refractivity contribution in [2.75, 3.05) is 24.2 Å². The molecule has 3 N–H and O–H groups in total. The fourth-order valence-electron chi connectivity index (χ4n) is 3.10. The van der Waals surface area contributed by atoms with Crippen LogP contribution in [0.15, 0.2) is 40.9 Å². The summed E-state index contributed by atoms with van der Waals surface area (Å²) < 4.78 is 4.92. The fraction of sp³-hybridized carbons (Fsp3) is 0.421. The molecule has 3 rings (SSSR count). The summed E-state index contributed by atoms with van der Waals surface area (Å²) >= 11 is 1.30. The molecule has 144 valence electrons. The summed E-state index contributed by atoms with van der Waals surface area (Å²) in [5.41, 5.74) is 7.41. The molecule has 1 fully saturated rings. The maximum Gasteiger partial charge on any atom is 0.238 e. The van der Waals surface area contributed by atoms with Crippen LogP contribution in [0, 0.1) is 6.92 Å². The van der Waals surface area contributed by atoms with Crippen LogP contribution in [0.2, 0.25) is 0 Å². The van der Waals surface area contributed by atoms with Gasteiger partial charge < -0.3 is 20.5 Å². The molecule has 1 aliphatic rings. The highest BCUT2D eigenvalue weighted by atomic mass is 32.2. The van der Waals surface area contributed by atoms with E-state index in [1.54, 1.807) is 24.8 Å². The average Bonchev–Trinajstić information content (AvgIpc) is 3.25. The number of amides is 2. The Kier molecular flexibility index (Phi) is 6.18. The number of nitrogens with zero attached hydrogens (tertiary/aromatic N) is 2. The smallest absolute Gasteiger partial charge is 0.238 e. The molecule has 0 spiro atoms. The number of nitrogens with one attached hydrogen (secondary N) is 1. The van der Waals surface area contributed by atoms with Gasteiger partial charge in [0.2, 0.25) is 11.8 Å². The van der Waals surface area contributed by atoms with Gasteiger partial charge in [-0.1, -0.05) is 35.5 Å². The van der Waals surface area contributed by atoms with E-state index >= 15 is 0 Å². The van der Waals surface area contributed by atoms with Crippen molar-refractivity contribution in [1.29, 1.82) is 0 Å². The lowest BCUT2D eigenvalue weighted by Crippen LogP contribution is -2.34. The van der Waals surface area contributed by atoms with E-state index in [1.165, 1.54) is 11.8 Å². The minimum atomic E-state index is -0.382. The van der Waals surface area contributed by atoms with Gasteiger partial charge in [-0.3, -0.25) is 9.59 Å². The quantitative estimate of drug-likeness (QED) is 0.785. The molecule has 0 saturated carbocycles. The molecule has 1 aromatic carbocycles. The van der Waals surface area contributed by atoms with Gasteiger partial charge in [-0.25, -0.2) is 0 Å². The van der Waals surface area contributed by atoms with Gasteiger partial charge >= 0.3 is 0 Å². The van der Waals surface area contributed by atoms with E-state index in [1.807, 2.05) is 30.3 Å². The Morgan fingerprint density at radius 2 is 2.11 bits per heavy atom. The van der Waals surface area contributed by atoms with E-state index in [0.717, 1.165) is 5.56 Å². The Labute approximate surface area is 162 Å². The molecule has 0 bridgehead atoms. The van der Waals surface area contributed by atoms with Gasteiger partial charge in [0, 0.05) is 31.1 Å². The lowest BCUT2D eigenvalue weighted by Gasteiger charge is -2.17. The van der Waals surface area contributed by atoms with Crippen molar-refractivity contribution in [2.24, 2.45) is 5.73 Å². The van der Waals surface area contributed by atoms with Crippen LogP contribution in [0.25, 0.3) is 0 Å². The third-order valence-corrected chi connectivity index (χ3v) is 5.78. The molecule has 2 heterocycles. The zero-order valence-electron chi connectivity index (χ0n) is 15.4. The van der Waals surface area contributed by atoms with Gasteiger partial charge in [-0.05, 0) is 19.4 Å². The minimum Gasteiger partial charge on any atom is -0.360 e. The van der Waals surface area contributed by atoms with E-state index in [9.17, 15) is 9.59 Å². The number of hydrogen-bond donors (Lipinski definition) is 2. The summed E-state index contributed by atoms with van der Waals surface area (Å²) in [6.45, 7) is 4.67. The first kappa shape index (κ1) is 19.4. The van der Waals surface area contributed by atoms with E-state index in [2.05, 4.69) is 10.5 Å². The number of benzene rings is 1. The number of carbonyl (C=O) groups is 2. The predicted molar refractivity (Wildman–Crippen MR) is 106 cm³/mol. The van der Waals surface area contributed by atoms with Gasteiger partial charge in [0.25, 0.3) is 0 Å². The summed E-state index contributed by atoms with van der Waals surface area (Å²) in [6.07, 6.45) is 0. The molecular formula is C19H24N4O3S. The molecular weight excluding hydrogens is 364 g/mol. The highest BCUT2D eigenvalue weighted by Crippen LogP contribution is 2.27. The maximum atomic E-state index is 12.5. The summed E-state index contributed by atoms with van der Waals surface area (Å²) in [5.74, 6) is 1.19. The summed E-state index contributed by atoms with van der Waals surface area (Å²) in [5, 5.41) is 6.04. The van der Waals surface area contributed by atoms with E-state index in [-0.39, 0.29) is 34.8 Å². The Balaban J connectivity index is 1.48. The number of anilines is 1. The maximum absolute atomic E-state index is 12.5. The first-order valence-corrected chi connectivity index (χ1v) is 9.93. The van der Waals surface area contributed by atoms with Gasteiger partial charge in [0.1, 0.15) is 5.76 Å². The van der Waals surface area contributed by atoms with Crippen molar-refractivity contribution >= 4 is 29.4 Å². The van der Waals surface area contributed by atoms with Crippen molar-refractivity contribution in [3.8, 4) is 0 Å². The number of rotatable bonds is 6. The minimum absolute atomic E-state index is 0.00538. The van der Waals surface area contributed by atoms with Crippen LogP contribution in [0.3, 0.4) is 0 Å². The Morgan fingerprint density at radius 1 is 1.37 bits per heavy atom. The zero-order chi connectivity index (χ0) is 19.4. The van der Waals surface area contributed by atoms with Crippen LogP contribution in [0.1, 0.15) is 24.2 Å². The van der Waals surface area contributed by atoms with E-state index < -0.39 is 0 Å². The molecule has 0 aliphatic carbocycles. The van der Waals surface area contributed by atoms with Gasteiger partial charge in [0.05, 0.1) is 11.0 Å². The summed E-state index contributed by atoms with van der Waals surface area (Å²) in [6, 6.07) is 11.6. The zero-order valence-corrected chi connectivity index (χ0v) is 16.2. The van der Waals surface area contributed by atoms with Crippen molar-refractivity contribution in [1.82, 2.24) is 10.1 Å². The summed E-state index contributed by atoms with van der Waals surface area (Å²) in [7, 11) is 0. The molecule has 0 radical (unpaired) electrons. The summed E-state index contributed by atoms with van der Waals surface area (Å²) in [4.78, 5) is 26.5. The monoisotopic (exact) mass is 388 g/mol. The highest BCUT2D eigenvalue weighted by molar-refractivity contribution is 8.01. The number of thioether (sulfide) groups is 1. The molecule has 1 aromatic heterocycles. The Hall–Kier alpha value is -2.32. The van der Waals surface area contributed by atoms with Crippen molar-refractivity contribution in [3.05, 3.63) is 47.7 Å². The number of nitrogens with two attached hydrogens (primary N) is 1. The van der Waals surface area contributed by atoms with Crippen molar-refractivity contribution < 1.29 is 14.1 Å². The molecule has 1 aliphatic heterocycles. The molecule has 8 heteroatoms. The van der Waals surface area contributed by atoms with E-state index in [0.29, 0.717) is 24.7 Å². The van der Waals surface area contributed by atoms with Crippen LogP contribution in [-0.2, 0) is 9.59 Å². The average molecular weight is 388 g/mol. The number of likely N-dealkylation sites (tertiary alicyclic amines) is 1. The third-order valence-electron chi connectivity index (χ3n) is 4.65. The number of hydrogen-bond acceptors (Lipinski definition) is 6.